The third-order valence-electron chi connectivity index (χ3n) is 3.70. The molecule has 8 heteroatoms. The number of phenolic OH excluding ortho intramolecular Hbond substituents is 2. The molecule has 8 nitrogen and oxygen atoms in total. The van der Waals surface area contributed by atoms with Crippen molar-refractivity contribution in [1.29, 1.82) is 0 Å². The third kappa shape index (κ3) is 3.80. The Bertz CT molecular complexity index is 599. The maximum absolute atomic E-state index is 11.9. The lowest BCUT2D eigenvalue weighted by atomic mass is 9.80. The van der Waals surface area contributed by atoms with Gasteiger partial charge in [-0.2, -0.15) is 0 Å². The van der Waals surface area contributed by atoms with Crippen molar-refractivity contribution in [3.05, 3.63) is 30.0 Å². The molecular weight excluding hydrogens is 308 g/mol. The monoisotopic (exact) mass is 326 g/mol. The van der Waals surface area contributed by atoms with Gasteiger partial charge in [0.05, 0.1) is 18.5 Å². The number of rotatable bonds is 3. The largest absolute Gasteiger partial charge is 0.504 e. The molecule has 2 unspecified atom stereocenters. The highest BCUT2D eigenvalue weighted by Crippen LogP contribution is 2.30. The molecule has 0 bridgehead atoms. The van der Waals surface area contributed by atoms with Crippen molar-refractivity contribution < 1.29 is 40.2 Å². The summed E-state index contributed by atoms with van der Waals surface area (Å²) in [4.78, 5) is 11.9. The Kier molecular flexibility index (Phi) is 4.90. The molecule has 1 fully saturated rings. The SMILES string of the molecule is O=C(OC=Cc1ccc(O)c(O)c1)C1(O)CC(O)C(O)C(O)C1. The molecule has 0 amide bonds. The fraction of sp³-hybridized carbons (Fsp3) is 0.400. The van der Waals surface area contributed by atoms with Crippen LogP contribution in [0.3, 0.4) is 0 Å². The van der Waals surface area contributed by atoms with Crippen molar-refractivity contribution in [2.45, 2.75) is 36.8 Å². The molecule has 2 atom stereocenters. The zero-order chi connectivity index (χ0) is 17.2. The molecule has 0 aromatic heterocycles. The summed E-state index contributed by atoms with van der Waals surface area (Å²) in [5.74, 6) is -1.72. The van der Waals surface area contributed by atoms with Crippen LogP contribution in [0.5, 0.6) is 11.5 Å². The van der Waals surface area contributed by atoms with E-state index in [1.807, 2.05) is 0 Å². The predicted molar refractivity (Wildman–Crippen MR) is 77.1 cm³/mol. The van der Waals surface area contributed by atoms with Gasteiger partial charge in [-0.25, -0.2) is 4.79 Å². The maximum atomic E-state index is 11.9. The van der Waals surface area contributed by atoms with Crippen molar-refractivity contribution in [2.24, 2.45) is 0 Å². The van der Waals surface area contributed by atoms with Crippen LogP contribution in [0, 0.1) is 0 Å². The van der Waals surface area contributed by atoms with E-state index >= 15 is 0 Å². The number of hydrogen-bond donors (Lipinski definition) is 6. The molecule has 2 rings (SSSR count). The van der Waals surface area contributed by atoms with Crippen LogP contribution < -0.4 is 0 Å². The fourth-order valence-electron chi connectivity index (χ4n) is 2.37. The summed E-state index contributed by atoms with van der Waals surface area (Å²) in [6.45, 7) is 0. The number of phenols is 2. The number of carbonyl (C=O) groups excluding carboxylic acids is 1. The van der Waals surface area contributed by atoms with Gasteiger partial charge in [0.25, 0.3) is 0 Å². The smallest absolute Gasteiger partial charge is 0.343 e. The Morgan fingerprint density at radius 1 is 1.13 bits per heavy atom. The lowest BCUT2D eigenvalue weighted by Gasteiger charge is -2.38. The lowest BCUT2D eigenvalue weighted by Crippen LogP contribution is -2.56. The van der Waals surface area contributed by atoms with Crippen LogP contribution in [0.4, 0.5) is 0 Å². The molecule has 1 aromatic carbocycles. The highest BCUT2D eigenvalue weighted by Gasteiger charge is 2.49. The number of esters is 1. The van der Waals surface area contributed by atoms with Crippen molar-refractivity contribution >= 4 is 12.0 Å². The highest BCUT2D eigenvalue weighted by atomic mass is 16.5. The van der Waals surface area contributed by atoms with Crippen LogP contribution in [-0.2, 0) is 9.53 Å². The van der Waals surface area contributed by atoms with Crippen LogP contribution >= 0.6 is 0 Å². The average molecular weight is 326 g/mol. The molecule has 23 heavy (non-hydrogen) atoms. The first-order chi connectivity index (χ1) is 10.7. The van der Waals surface area contributed by atoms with Crippen LogP contribution in [0.2, 0.25) is 0 Å². The minimum absolute atomic E-state index is 0.294. The lowest BCUT2D eigenvalue weighted by molar-refractivity contribution is -0.187. The Morgan fingerprint density at radius 3 is 2.30 bits per heavy atom. The number of aliphatic hydroxyl groups excluding tert-OH is 3. The summed E-state index contributed by atoms with van der Waals surface area (Å²) in [7, 11) is 0. The van der Waals surface area contributed by atoms with Gasteiger partial charge in [0.1, 0.15) is 6.10 Å². The number of aromatic hydroxyl groups is 2. The Hall–Kier alpha value is -2.13. The van der Waals surface area contributed by atoms with Crippen LogP contribution in [-0.4, -0.2) is 60.5 Å². The normalized spacial score (nSPS) is 31.2. The molecule has 1 aromatic rings. The summed E-state index contributed by atoms with van der Waals surface area (Å²) >= 11 is 0. The number of benzene rings is 1. The second-order valence-corrected chi connectivity index (χ2v) is 5.52. The summed E-state index contributed by atoms with van der Waals surface area (Å²) < 4.78 is 4.77. The van der Waals surface area contributed by atoms with Crippen LogP contribution in [0.25, 0.3) is 6.08 Å². The van der Waals surface area contributed by atoms with Gasteiger partial charge >= 0.3 is 5.97 Å². The van der Waals surface area contributed by atoms with Gasteiger partial charge in [-0.15, -0.1) is 0 Å². The van der Waals surface area contributed by atoms with Gasteiger partial charge in [-0.05, 0) is 23.8 Å². The van der Waals surface area contributed by atoms with Gasteiger partial charge in [-0.3, -0.25) is 0 Å². The quantitative estimate of drug-likeness (QED) is 0.241. The molecule has 126 valence electrons. The molecule has 1 aliphatic rings. The Labute approximate surface area is 131 Å². The standard InChI is InChI=1S/C15H18O8/c16-9-2-1-8(5-10(9)17)3-4-23-14(21)15(22)6-11(18)13(20)12(19)7-15/h1-5,11-13,16-20,22H,6-7H2. The molecule has 0 spiro atoms. The van der Waals surface area contributed by atoms with Gasteiger partial charge in [0.15, 0.2) is 17.1 Å². The zero-order valence-corrected chi connectivity index (χ0v) is 12.0. The van der Waals surface area contributed by atoms with E-state index in [1.54, 1.807) is 0 Å². The fourth-order valence-corrected chi connectivity index (χ4v) is 2.37. The summed E-state index contributed by atoms with van der Waals surface area (Å²) in [5, 5.41) is 57.2. The van der Waals surface area contributed by atoms with Gasteiger partial charge in [0, 0.05) is 12.8 Å². The first-order valence-electron chi connectivity index (χ1n) is 6.89. The summed E-state index contributed by atoms with van der Waals surface area (Å²) in [6, 6.07) is 3.94. The van der Waals surface area contributed by atoms with E-state index in [4.69, 9.17) is 4.74 Å². The zero-order valence-electron chi connectivity index (χ0n) is 12.0. The van der Waals surface area contributed by atoms with Crippen molar-refractivity contribution in [2.75, 3.05) is 0 Å². The molecule has 1 aliphatic carbocycles. The van der Waals surface area contributed by atoms with Crippen molar-refractivity contribution in [1.82, 2.24) is 0 Å². The molecule has 0 saturated heterocycles. The van der Waals surface area contributed by atoms with E-state index in [2.05, 4.69) is 0 Å². The third-order valence-corrected chi connectivity index (χ3v) is 3.70. The molecule has 0 aliphatic heterocycles. The maximum Gasteiger partial charge on any atom is 0.343 e. The Balaban J connectivity index is 2.01. The number of ether oxygens (including phenoxy) is 1. The van der Waals surface area contributed by atoms with Crippen molar-refractivity contribution in [3.8, 4) is 11.5 Å². The van der Waals surface area contributed by atoms with Crippen LogP contribution in [0.1, 0.15) is 18.4 Å². The molecule has 1 saturated carbocycles. The average Bonchev–Trinajstić information content (AvgIpc) is 2.48. The van der Waals surface area contributed by atoms with Crippen LogP contribution in [0.15, 0.2) is 24.5 Å². The predicted octanol–water partition coefficient (Wildman–Crippen LogP) is -0.781. The summed E-state index contributed by atoms with van der Waals surface area (Å²) in [5.41, 5.74) is -1.68. The molecular formula is C15H18O8. The number of carbonyl (C=O) groups is 1. The molecule has 6 N–H and O–H groups in total. The van der Waals surface area contributed by atoms with E-state index in [9.17, 15) is 35.4 Å². The van der Waals surface area contributed by atoms with E-state index in [0.29, 0.717) is 5.56 Å². The highest BCUT2D eigenvalue weighted by molar-refractivity contribution is 5.80. The second-order valence-electron chi connectivity index (χ2n) is 5.52. The minimum Gasteiger partial charge on any atom is -0.504 e. The van der Waals surface area contributed by atoms with Gasteiger partial charge in [-0.1, -0.05) is 6.07 Å². The van der Waals surface area contributed by atoms with E-state index in [0.717, 1.165) is 6.26 Å². The number of aliphatic hydroxyl groups is 4. The first kappa shape index (κ1) is 17.2. The van der Waals surface area contributed by atoms with E-state index in [-0.39, 0.29) is 11.5 Å². The van der Waals surface area contributed by atoms with Gasteiger partial charge in [0.2, 0.25) is 0 Å². The topological polar surface area (TPSA) is 148 Å². The molecule has 0 radical (unpaired) electrons. The molecule has 0 heterocycles. The minimum atomic E-state index is -2.11. The van der Waals surface area contributed by atoms with Gasteiger partial charge < -0.3 is 35.4 Å². The number of hydrogen-bond acceptors (Lipinski definition) is 8. The summed E-state index contributed by atoms with van der Waals surface area (Å²) in [6.07, 6.45) is -2.97. The second kappa shape index (κ2) is 6.55. The van der Waals surface area contributed by atoms with E-state index in [1.165, 1.54) is 24.3 Å². The first-order valence-corrected chi connectivity index (χ1v) is 6.89. The van der Waals surface area contributed by atoms with Crippen molar-refractivity contribution in [3.63, 3.8) is 0 Å². The Morgan fingerprint density at radius 2 is 1.74 bits per heavy atom. The van der Waals surface area contributed by atoms with E-state index < -0.39 is 42.7 Å².